The van der Waals surface area contributed by atoms with Crippen LogP contribution in [0.1, 0.15) is 41.0 Å². The first-order valence-electron chi connectivity index (χ1n) is 4.74. The molecule has 0 bridgehead atoms. The van der Waals surface area contributed by atoms with Gasteiger partial charge in [0.05, 0.1) is 11.6 Å². The number of aldehydes is 1. The topological polar surface area (TPSA) is 38.3 Å². The molecule has 0 aliphatic heterocycles. The first kappa shape index (κ1) is 12.6. The zero-order chi connectivity index (χ0) is 10.5. The van der Waals surface area contributed by atoms with Crippen molar-refractivity contribution >= 4 is 6.29 Å². The van der Waals surface area contributed by atoms with Gasteiger partial charge in [-0.2, -0.15) is 5.48 Å². The molecule has 0 heterocycles. The minimum absolute atomic E-state index is 0.195. The molecule has 0 rings (SSSR count). The van der Waals surface area contributed by atoms with Crippen molar-refractivity contribution in [1.82, 2.24) is 5.48 Å². The van der Waals surface area contributed by atoms with Crippen LogP contribution in [0.5, 0.6) is 0 Å². The maximum absolute atomic E-state index is 10.6. The highest BCUT2D eigenvalue weighted by molar-refractivity contribution is 5.57. The van der Waals surface area contributed by atoms with Crippen molar-refractivity contribution in [2.45, 2.75) is 52.7 Å². The van der Waals surface area contributed by atoms with Crippen LogP contribution in [0.4, 0.5) is 0 Å². The maximum atomic E-state index is 10.6. The Balaban J connectivity index is 3.79. The van der Waals surface area contributed by atoms with Gasteiger partial charge in [0.25, 0.3) is 0 Å². The van der Waals surface area contributed by atoms with Crippen LogP contribution in [-0.4, -0.2) is 17.9 Å². The van der Waals surface area contributed by atoms with Crippen molar-refractivity contribution in [2.75, 3.05) is 0 Å². The van der Waals surface area contributed by atoms with Crippen LogP contribution < -0.4 is 5.48 Å². The number of hydrogen-bond donors (Lipinski definition) is 1. The first-order valence-corrected chi connectivity index (χ1v) is 4.74. The molecule has 0 radical (unpaired) electrons. The molecule has 0 saturated carbocycles. The van der Waals surface area contributed by atoms with E-state index < -0.39 is 0 Å². The molecule has 3 nitrogen and oxygen atoms in total. The summed E-state index contributed by atoms with van der Waals surface area (Å²) in [6.45, 7) is 9.98. The van der Waals surface area contributed by atoms with Gasteiger partial charge in [-0.1, -0.05) is 13.8 Å². The summed E-state index contributed by atoms with van der Waals surface area (Å²) in [4.78, 5) is 15.9. The first-order chi connectivity index (χ1) is 5.85. The SMILES string of the molecule is CC(C)C[C@@H](C=O)NOC(C)(C)C. The van der Waals surface area contributed by atoms with Crippen LogP contribution in [0.15, 0.2) is 0 Å². The van der Waals surface area contributed by atoms with Crippen LogP contribution in [-0.2, 0) is 9.63 Å². The molecular formula is C10H21NO2. The highest BCUT2D eigenvalue weighted by Gasteiger charge is 2.15. The molecule has 0 saturated heterocycles. The second-order valence-electron chi connectivity index (χ2n) is 4.70. The lowest BCUT2D eigenvalue weighted by atomic mass is 10.1. The van der Waals surface area contributed by atoms with Gasteiger partial charge in [-0.3, -0.25) is 4.84 Å². The van der Waals surface area contributed by atoms with E-state index in [1.807, 2.05) is 20.8 Å². The van der Waals surface area contributed by atoms with Gasteiger partial charge in [0, 0.05) is 0 Å². The van der Waals surface area contributed by atoms with E-state index in [1.54, 1.807) is 0 Å². The average molecular weight is 187 g/mol. The number of rotatable bonds is 5. The Morgan fingerprint density at radius 2 is 1.92 bits per heavy atom. The zero-order valence-electron chi connectivity index (χ0n) is 9.26. The molecule has 1 atom stereocenters. The van der Waals surface area contributed by atoms with Crippen molar-refractivity contribution in [3.63, 3.8) is 0 Å². The number of carbonyl (C=O) groups is 1. The van der Waals surface area contributed by atoms with Crippen LogP contribution in [0.25, 0.3) is 0 Å². The standard InChI is InChI=1S/C10H21NO2/c1-8(2)6-9(7-12)11-13-10(3,4)5/h7-9,11H,6H2,1-5H3/t9-/m0/s1. The minimum Gasteiger partial charge on any atom is -0.302 e. The Kier molecular flexibility index (Phi) is 5.18. The summed E-state index contributed by atoms with van der Waals surface area (Å²) in [7, 11) is 0. The van der Waals surface area contributed by atoms with E-state index >= 15 is 0 Å². The molecule has 0 amide bonds. The zero-order valence-corrected chi connectivity index (χ0v) is 9.26. The highest BCUT2D eigenvalue weighted by Crippen LogP contribution is 2.07. The molecule has 0 spiro atoms. The lowest BCUT2D eigenvalue weighted by molar-refractivity contribution is -0.123. The predicted molar refractivity (Wildman–Crippen MR) is 53.3 cm³/mol. The van der Waals surface area contributed by atoms with Crippen molar-refractivity contribution in [2.24, 2.45) is 5.92 Å². The van der Waals surface area contributed by atoms with Gasteiger partial charge >= 0.3 is 0 Å². The van der Waals surface area contributed by atoms with Crippen LogP contribution >= 0.6 is 0 Å². The van der Waals surface area contributed by atoms with Crippen LogP contribution in [0.3, 0.4) is 0 Å². The van der Waals surface area contributed by atoms with Crippen LogP contribution in [0, 0.1) is 5.92 Å². The van der Waals surface area contributed by atoms with Crippen molar-refractivity contribution in [3.05, 3.63) is 0 Å². The third kappa shape index (κ3) is 7.94. The third-order valence-corrected chi connectivity index (χ3v) is 1.41. The molecule has 0 aliphatic rings. The van der Waals surface area contributed by atoms with Gasteiger partial charge in [-0.05, 0) is 33.1 Å². The van der Waals surface area contributed by atoms with Gasteiger partial charge in [0.15, 0.2) is 0 Å². The number of nitrogens with one attached hydrogen (secondary N) is 1. The second kappa shape index (κ2) is 5.35. The fraction of sp³-hybridized carbons (Fsp3) is 0.900. The Hall–Kier alpha value is -0.410. The minimum atomic E-state index is -0.252. The smallest absolute Gasteiger partial charge is 0.139 e. The number of carbonyl (C=O) groups excluding carboxylic acids is 1. The monoisotopic (exact) mass is 187 g/mol. The Bertz CT molecular complexity index is 149. The lowest BCUT2D eigenvalue weighted by Gasteiger charge is -2.23. The van der Waals surface area contributed by atoms with Gasteiger partial charge in [0.2, 0.25) is 0 Å². The van der Waals surface area contributed by atoms with E-state index in [0.29, 0.717) is 5.92 Å². The second-order valence-corrected chi connectivity index (χ2v) is 4.70. The van der Waals surface area contributed by atoms with E-state index in [9.17, 15) is 4.79 Å². The fourth-order valence-electron chi connectivity index (χ4n) is 0.892. The number of hydrogen-bond acceptors (Lipinski definition) is 3. The van der Waals surface area contributed by atoms with Crippen molar-refractivity contribution in [3.8, 4) is 0 Å². The Morgan fingerprint density at radius 3 is 2.23 bits per heavy atom. The van der Waals surface area contributed by atoms with E-state index in [0.717, 1.165) is 12.7 Å². The summed E-state index contributed by atoms with van der Waals surface area (Å²) >= 11 is 0. The summed E-state index contributed by atoms with van der Waals surface area (Å²) in [5.74, 6) is 0.492. The molecular weight excluding hydrogens is 166 g/mol. The summed E-state index contributed by atoms with van der Waals surface area (Å²) in [5.41, 5.74) is 2.52. The Labute approximate surface area is 80.8 Å². The van der Waals surface area contributed by atoms with Gasteiger partial charge < -0.3 is 4.79 Å². The molecule has 0 aromatic rings. The molecule has 0 aromatic heterocycles. The van der Waals surface area contributed by atoms with Gasteiger partial charge in [0.1, 0.15) is 6.29 Å². The number of hydroxylamine groups is 1. The molecule has 3 heteroatoms. The summed E-state index contributed by atoms with van der Waals surface area (Å²) in [6.07, 6.45) is 1.70. The molecule has 0 aromatic carbocycles. The molecule has 78 valence electrons. The molecule has 0 unspecified atom stereocenters. The van der Waals surface area contributed by atoms with E-state index in [1.165, 1.54) is 0 Å². The van der Waals surface area contributed by atoms with Crippen molar-refractivity contribution in [1.29, 1.82) is 0 Å². The van der Waals surface area contributed by atoms with E-state index in [2.05, 4.69) is 19.3 Å². The van der Waals surface area contributed by atoms with E-state index in [-0.39, 0.29) is 11.6 Å². The van der Waals surface area contributed by atoms with Gasteiger partial charge in [-0.25, -0.2) is 0 Å². The van der Waals surface area contributed by atoms with E-state index in [4.69, 9.17) is 4.84 Å². The van der Waals surface area contributed by atoms with Crippen molar-refractivity contribution < 1.29 is 9.63 Å². The average Bonchev–Trinajstić information content (AvgIpc) is 1.95. The molecule has 0 aliphatic carbocycles. The fourth-order valence-corrected chi connectivity index (χ4v) is 0.892. The third-order valence-electron chi connectivity index (χ3n) is 1.41. The summed E-state index contributed by atoms with van der Waals surface area (Å²) < 4.78 is 0. The lowest BCUT2D eigenvalue weighted by Crippen LogP contribution is -2.38. The molecule has 1 N–H and O–H groups in total. The largest absolute Gasteiger partial charge is 0.302 e. The normalized spacial score (nSPS) is 14.6. The molecule has 0 fully saturated rings. The van der Waals surface area contributed by atoms with Crippen LogP contribution in [0.2, 0.25) is 0 Å². The summed E-state index contributed by atoms with van der Waals surface area (Å²) in [6, 6.07) is -0.195. The predicted octanol–water partition coefficient (Wildman–Crippen LogP) is 1.92. The maximum Gasteiger partial charge on any atom is 0.139 e. The highest BCUT2D eigenvalue weighted by atomic mass is 16.7. The summed E-state index contributed by atoms with van der Waals surface area (Å²) in [5, 5.41) is 0. The quantitative estimate of drug-likeness (QED) is 0.528. The Morgan fingerprint density at radius 1 is 1.38 bits per heavy atom. The van der Waals surface area contributed by atoms with Gasteiger partial charge in [-0.15, -0.1) is 0 Å². The molecule has 13 heavy (non-hydrogen) atoms.